The highest BCUT2D eigenvalue weighted by Gasteiger charge is 2.52. The van der Waals surface area contributed by atoms with Crippen molar-refractivity contribution < 1.29 is 19.1 Å². The lowest BCUT2D eigenvalue weighted by Gasteiger charge is -2.39. The van der Waals surface area contributed by atoms with Crippen LogP contribution < -0.4 is 0 Å². The molecule has 1 spiro atoms. The molecule has 20 heavy (non-hydrogen) atoms. The van der Waals surface area contributed by atoms with Gasteiger partial charge in [-0.25, -0.2) is 0 Å². The molecule has 0 aromatic heterocycles. The van der Waals surface area contributed by atoms with Crippen molar-refractivity contribution in [3.05, 3.63) is 0 Å². The topological polar surface area (TPSA) is 52.6 Å². The van der Waals surface area contributed by atoms with Crippen molar-refractivity contribution in [2.75, 3.05) is 13.2 Å². The summed E-state index contributed by atoms with van der Waals surface area (Å²) in [5.41, 5.74) is -0.984. The smallest absolute Gasteiger partial charge is 0.323 e. The van der Waals surface area contributed by atoms with Gasteiger partial charge in [-0.15, -0.1) is 0 Å². The molecular weight excluding hydrogens is 256 g/mol. The van der Waals surface area contributed by atoms with Crippen molar-refractivity contribution in [2.45, 2.75) is 57.8 Å². The molecule has 0 radical (unpaired) electrons. The standard InChI is InChI=1S/C16H24O4/c17-14-16(15(18)20-11-10-19-14)8-6-13(7-9-16)12-4-2-1-3-5-12/h12-13H,1-11H2. The number of hydrogen-bond donors (Lipinski definition) is 0. The van der Waals surface area contributed by atoms with Crippen molar-refractivity contribution in [2.24, 2.45) is 17.3 Å². The molecule has 4 nitrogen and oxygen atoms in total. The second-order valence-corrected chi connectivity index (χ2v) is 6.59. The Labute approximate surface area is 120 Å². The summed E-state index contributed by atoms with van der Waals surface area (Å²) in [7, 11) is 0. The number of carbonyl (C=O) groups excluding carboxylic acids is 2. The third-order valence-corrected chi connectivity index (χ3v) is 5.53. The van der Waals surface area contributed by atoms with E-state index >= 15 is 0 Å². The first-order valence-corrected chi connectivity index (χ1v) is 8.07. The van der Waals surface area contributed by atoms with Gasteiger partial charge in [0.05, 0.1) is 0 Å². The summed E-state index contributed by atoms with van der Waals surface area (Å²) < 4.78 is 10.3. The molecule has 0 aromatic rings. The van der Waals surface area contributed by atoms with Gasteiger partial charge in [0.25, 0.3) is 0 Å². The molecule has 3 aliphatic rings. The average molecular weight is 280 g/mol. The lowest BCUT2D eigenvalue weighted by molar-refractivity contribution is -0.168. The highest BCUT2D eigenvalue weighted by Crippen LogP contribution is 2.46. The highest BCUT2D eigenvalue weighted by atomic mass is 16.6. The normalized spacial score (nSPS) is 28.8. The van der Waals surface area contributed by atoms with Crippen LogP contribution in [0.2, 0.25) is 0 Å². The molecule has 2 aliphatic carbocycles. The van der Waals surface area contributed by atoms with Crippen LogP contribution in [0.4, 0.5) is 0 Å². The van der Waals surface area contributed by atoms with E-state index in [1.807, 2.05) is 0 Å². The third kappa shape index (κ3) is 2.45. The summed E-state index contributed by atoms with van der Waals surface area (Å²) >= 11 is 0. The number of carbonyl (C=O) groups is 2. The van der Waals surface area contributed by atoms with Gasteiger partial charge in [-0.1, -0.05) is 32.1 Å². The third-order valence-electron chi connectivity index (χ3n) is 5.53. The molecule has 3 rings (SSSR count). The monoisotopic (exact) mass is 280 g/mol. The van der Waals surface area contributed by atoms with Gasteiger partial charge in [0.2, 0.25) is 0 Å². The van der Waals surface area contributed by atoms with E-state index < -0.39 is 5.41 Å². The first-order valence-electron chi connectivity index (χ1n) is 8.07. The van der Waals surface area contributed by atoms with Crippen LogP contribution in [0.25, 0.3) is 0 Å². The molecule has 0 atom stereocenters. The van der Waals surface area contributed by atoms with E-state index in [1.54, 1.807) is 0 Å². The molecule has 1 saturated heterocycles. The zero-order chi connectivity index (χ0) is 14.0. The van der Waals surface area contributed by atoms with Gasteiger partial charge >= 0.3 is 11.9 Å². The molecule has 3 fully saturated rings. The van der Waals surface area contributed by atoms with Gasteiger partial charge in [-0.2, -0.15) is 0 Å². The summed E-state index contributed by atoms with van der Waals surface area (Å²) in [5.74, 6) is 0.799. The van der Waals surface area contributed by atoms with E-state index in [0.29, 0.717) is 18.8 Å². The molecule has 0 amide bonds. The fourth-order valence-electron chi connectivity index (χ4n) is 4.25. The van der Waals surface area contributed by atoms with Crippen LogP contribution in [0.15, 0.2) is 0 Å². The Morgan fingerprint density at radius 2 is 1.25 bits per heavy atom. The Bertz CT molecular complexity index is 356. The molecule has 4 heteroatoms. The number of esters is 2. The van der Waals surface area contributed by atoms with E-state index in [-0.39, 0.29) is 25.2 Å². The van der Waals surface area contributed by atoms with Gasteiger partial charge in [-0.3, -0.25) is 9.59 Å². The van der Waals surface area contributed by atoms with Crippen LogP contribution in [0.5, 0.6) is 0 Å². The SMILES string of the molecule is O=C1OCCOC(=O)C12CCC(C1CCCCC1)CC2. The first kappa shape index (κ1) is 13.9. The van der Waals surface area contributed by atoms with E-state index in [0.717, 1.165) is 18.8 Å². The molecule has 0 aromatic carbocycles. The molecule has 0 N–H and O–H groups in total. The van der Waals surface area contributed by atoms with Crippen LogP contribution in [0.3, 0.4) is 0 Å². The Hall–Kier alpha value is -1.06. The maximum Gasteiger partial charge on any atom is 0.323 e. The lowest BCUT2D eigenvalue weighted by Crippen LogP contribution is -2.44. The zero-order valence-corrected chi connectivity index (χ0v) is 12.1. The summed E-state index contributed by atoms with van der Waals surface area (Å²) in [4.78, 5) is 24.3. The summed E-state index contributed by atoms with van der Waals surface area (Å²) in [6, 6.07) is 0. The highest BCUT2D eigenvalue weighted by molar-refractivity contribution is 6.00. The Morgan fingerprint density at radius 3 is 1.80 bits per heavy atom. The summed E-state index contributed by atoms with van der Waals surface area (Å²) in [6.45, 7) is 0.413. The lowest BCUT2D eigenvalue weighted by atomic mass is 9.65. The second-order valence-electron chi connectivity index (χ2n) is 6.59. The minimum atomic E-state index is -0.984. The van der Waals surface area contributed by atoms with E-state index in [2.05, 4.69) is 0 Å². The molecule has 1 heterocycles. The van der Waals surface area contributed by atoms with Crippen molar-refractivity contribution in [3.63, 3.8) is 0 Å². The van der Waals surface area contributed by atoms with Crippen LogP contribution in [0.1, 0.15) is 57.8 Å². The van der Waals surface area contributed by atoms with E-state index in [4.69, 9.17) is 9.47 Å². The maximum absolute atomic E-state index is 12.2. The molecular formula is C16H24O4. The largest absolute Gasteiger partial charge is 0.461 e. The van der Waals surface area contributed by atoms with Crippen molar-refractivity contribution >= 4 is 11.9 Å². The molecule has 1 aliphatic heterocycles. The van der Waals surface area contributed by atoms with Crippen LogP contribution in [0, 0.1) is 17.3 Å². The Morgan fingerprint density at radius 1 is 0.750 bits per heavy atom. The fourth-order valence-corrected chi connectivity index (χ4v) is 4.25. The first-order chi connectivity index (χ1) is 9.72. The Kier molecular flexibility index (Phi) is 3.99. The van der Waals surface area contributed by atoms with Crippen molar-refractivity contribution in [1.29, 1.82) is 0 Å². The number of rotatable bonds is 1. The van der Waals surface area contributed by atoms with E-state index in [9.17, 15) is 9.59 Å². The minimum Gasteiger partial charge on any atom is -0.461 e. The number of hydrogen-bond acceptors (Lipinski definition) is 4. The van der Waals surface area contributed by atoms with Crippen LogP contribution in [-0.4, -0.2) is 25.2 Å². The van der Waals surface area contributed by atoms with Crippen LogP contribution >= 0.6 is 0 Å². The van der Waals surface area contributed by atoms with Crippen molar-refractivity contribution in [1.82, 2.24) is 0 Å². The second kappa shape index (κ2) is 5.74. The molecule has 0 bridgehead atoms. The zero-order valence-electron chi connectivity index (χ0n) is 12.1. The van der Waals surface area contributed by atoms with Gasteiger partial charge in [0.1, 0.15) is 13.2 Å². The Balaban J connectivity index is 1.66. The number of cyclic esters (lactones) is 2. The van der Waals surface area contributed by atoms with Gasteiger partial charge in [-0.05, 0) is 37.5 Å². The molecule has 0 unspecified atom stereocenters. The van der Waals surface area contributed by atoms with Gasteiger partial charge < -0.3 is 9.47 Å². The van der Waals surface area contributed by atoms with Gasteiger partial charge in [0.15, 0.2) is 5.41 Å². The summed E-state index contributed by atoms with van der Waals surface area (Å²) in [6.07, 6.45) is 9.87. The predicted octanol–water partition coefficient (Wildman–Crippen LogP) is 2.84. The number of ether oxygens (including phenoxy) is 2. The quantitative estimate of drug-likeness (QED) is 0.547. The van der Waals surface area contributed by atoms with Gasteiger partial charge in [0, 0.05) is 0 Å². The predicted molar refractivity (Wildman–Crippen MR) is 72.9 cm³/mol. The minimum absolute atomic E-state index is 0.207. The van der Waals surface area contributed by atoms with Crippen molar-refractivity contribution in [3.8, 4) is 0 Å². The van der Waals surface area contributed by atoms with Crippen LogP contribution in [-0.2, 0) is 19.1 Å². The van der Waals surface area contributed by atoms with E-state index in [1.165, 1.54) is 32.1 Å². The maximum atomic E-state index is 12.2. The molecule has 112 valence electrons. The summed E-state index contributed by atoms with van der Waals surface area (Å²) in [5, 5.41) is 0. The average Bonchev–Trinajstić information content (AvgIpc) is 2.63. The fraction of sp³-hybridized carbons (Fsp3) is 0.875. The molecule has 2 saturated carbocycles.